The number of pyridine rings is 1. The Bertz CT molecular complexity index is 485. The van der Waals surface area contributed by atoms with Gasteiger partial charge in [0, 0.05) is 32.4 Å². The van der Waals surface area contributed by atoms with Crippen LogP contribution in [0.2, 0.25) is 0 Å². The zero-order valence-electron chi connectivity index (χ0n) is 15.0. The third-order valence-corrected chi connectivity index (χ3v) is 4.08. The molecule has 0 radical (unpaired) electrons. The molecule has 1 aliphatic heterocycles. The SMILES string of the molecule is CCNC(=NCC1(C)CCCO1)NCCCCNc1ccccn1. The fourth-order valence-corrected chi connectivity index (χ4v) is 2.69. The van der Waals surface area contributed by atoms with Gasteiger partial charge in [-0.3, -0.25) is 4.99 Å². The molecule has 0 aromatic carbocycles. The van der Waals surface area contributed by atoms with E-state index in [9.17, 15) is 0 Å². The minimum atomic E-state index is -0.0883. The Labute approximate surface area is 145 Å². The Kier molecular flexibility index (Phi) is 7.82. The van der Waals surface area contributed by atoms with Gasteiger partial charge in [0.15, 0.2) is 5.96 Å². The number of unbranched alkanes of at least 4 members (excludes halogenated alkanes) is 1. The molecular weight excluding hydrogens is 302 g/mol. The van der Waals surface area contributed by atoms with Crippen LogP contribution >= 0.6 is 0 Å². The van der Waals surface area contributed by atoms with E-state index in [1.54, 1.807) is 6.20 Å². The molecule has 1 unspecified atom stereocenters. The van der Waals surface area contributed by atoms with Crippen molar-refractivity contribution in [3.63, 3.8) is 0 Å². The van der Waals surface area contributed by atoms with Crippen LogP contribution in [0.15, 0.2) is 29.4 Å². The molecule has 2 heterocycles. The Morgan fingerprint density at radius 2 is 2.17 bits per heavy atom. The second-order valence-corrected chi connectivity index (χ2v) is 6.37. The van der Waals surface area contributed by atoms with Gasteiger partial charge in [-0.25, -0.2) is 4.98 Å². The second kappa shape index (κ2) is 10.1. The first-order valence-corrected chi connectivity index (χ1v) is 9.03. The van der Waals surface area contributed by atoms with Crippen molar-refractivity contribution >= 4 is 11.8 Å². The molecule has 2 rings (SSSR count). The highest BCUT2D eigenvalue weighted by Gasteiger charge is 2.29. The summed E-state index contributed by atoms with van der Waals surface area (Å²) in [4.78, 5) is 8.93. The predicted octanol–water partition coefficient (Wildman–Crippen LogP) is 2.40. The second-order valence-electron chi connectivity index (χ2n) is 6.37. The fourth-order valence-electron chi connectivity index (χ4n) is 2.69. The largest absolute Gasteiger partial charge is 0.373 e. The Morgan fingerprint density at radius 1 is 1.29 bits per heavy atom. The molecule has 1 aromatic rings. The average Bonchev–Trinajstić information content (AvgIpc) is 3.03. The van der Waals surface area contributed by atoms with Crippen LogP contribution in [0.5, 0.6) is 0 Å². The lowest BCUT2D eigenvalue weighted by Crippen LogP contribution is -2.39. The van der Waals surface area contributed by atoms with Crippen molar-refractivity contribution in [3.05, 3.63) is 24.4 Å². The summed E-state index contributed by atoms with van der Waals surface area (Å²) >= 11 is 0. The van der Waals surface area contributed by atoms with Crippen molar-refractivity contribution in [1.82, 2.24) is 15.6 Å². The minimum Gasteiger partial charge on any atom is -0.373 e. The average molecular weight is 333 g/mol. The van der Waals surface area contributed by atoms with E-state index in [-0.39, 0.29) is 5.60 Å². The molecule has 1 aliphatic rings. The highest BCUT2D eigenvalue weighted by atomic mass is 16.5. The van der Waals surface area contributed by atoms with Crippen LogP contribution < -0.4 is 16.0 Å². The molecule has 24 heavy (non-hydrogen) atoms. The summed E-state index contributed by atoms with van der Waals surface area (Å²) in [5.41, 5.74) is -0.0883. The van der Waals surface area contributed by atoms with E-state index < -0.39 is 0 Å². The van der Waals surface area contributed by atoms with Crippen LogP contribution in [0.25, 0.3) is 0 Å². The van der Waals surface area contributed by atoms with Crippen LogP contribution in [0, 0.1) is 0 Å². The maximum absolute atomic E-state index is 5.79. The lowest BCUT2D eigenvalue weighted by Gasteiger charge is -2.21. The molecule has 6 heteroatoms. The van der Waals surface area contributed by atoms with Crippen molar-refractivity contribution in [1.29, 1.82) is 0 Å². The molecule has 1 aromatic heterocycles. The predicted molar refractivity (Wildman–Crippen MR) is 99.5 cm³/mol. The van der Waals surface area contributed by atoms with Gasteiger partial charge in [-0.1, -0.05) is 6.07 Å². The zero-order chi connectivity index (χ0) is 17.1. The molecule has 0 aliphatic carbocycles. The number of aliphatic imine (C=N–C) groups is 1. The first-order chi connectivity index (χ1) is 11.7. The Balaban J connectivity index is 1.62. The number of aromatic nitrogens is 1. The molecule has 0 bridgehead atoms. The Morgan fingerprint density at radius 3 is 2.88 bits per heavy atom. The van der Waals surface area contributed by atoms with Crippen LogP contribution in [0.4, 0.5) is 5.82 Å². The van der Waals surface area contributed by atoms with Gasteiger partial charge in [-0.15, -0.1) is 0 Å². The molecule has 0 saturated carbocycles. The summed E-state index contributed by atoms with van der Waals surface area (Å²) < 4.78 is 5.79. The normalized spacial score (nSPS) is 20.8. The highest BCUT2D eigenvalue weighted by Crippen LogP contribution is 2.24. The lowest BCUT2D eigenvalue weighted by atomic mass is 10.0. The topological polar surface area (TPSA) is 70.6 Å². The molecule has 1 saturated heterocycles. The van der Waals surface area contributed by atoms with Crippen LogP contribution in [-0.2, 0) is 4.74 Å². The smallest absolute Gasteiger partial charge is 0.191 e. The summed E-state index contributed by atoms with van der Waals surface area (Å²) in [6.45, 7) is 8.51. The van der Waals surface area contributed by atoms with Gasteiger partial charge in [0.25, 0.3) is 0 Å². The van der Waals surface area contributed by atoms with Gasteiger partial charge in [-0.2, -0.15) is 0 Å². The van der Waals surface area contributed by atoms with Crippen LogP contribution in [-0.4, -0.2) is 49.3 Å². The zero-order valence-corrected chi connectivity index (χ0v) is 15.0. The van der Waals surface area contributed by atoms with E-state index in [4.69, 9.17) is 4.74 Å². The molecule has 0 spiro atoms. The minimum absolute atomic E-state index is 0.0883. The molecule has 0 amide bonds. The third-order valence-electron chi connectivity index (χ3n) is 4.08. The summed E-state index contributed by atoms with van der Waals surface area (Å²) in [7, 11) is 0. The van der Waals surface area contributed by atoms with E-state index >= 15 is 0 Å². The number of anilines is 1. The number of hydrogen-bond donors (Lipinski definition) is 3. The quantitative estimate of drug-likeness (QED) is 0.368. The van der Waals surface area contributed by atoms with Gasteiger partial charge >= 0.3 is 0 Å². The van der Waals surface area contributed by atoms with Gasteiger partial charge in [-0.05, 0) is 51.7 Å². The first-order valence-electron chi connectivity index (χ1n) is 9.03. The van der Waals surface area contributed by atoms with Gasteiger partial charge in [0.1, 0.15) is 5.82 Å². The third kappa shape index (κ3) is 6.74. The molecule has 134 valence electrons. The lowest BCUT2D eigenvalue weighted by molar-refractivity contribution is 0.0283. The van der Waals surface area contributed by atoms with E-state index in [1.165, 1.54) is 0 Å². The van der Waals surface area contributed by atoms with Crippen molar-refractivity contribution in [2.24, 2.45) is 4.99 Å². The van der Waals surface area contributed by atoms with Crippen LogP contribution in [0.3, 0.4) is 0 Å². The van der Waals surface area contributed by atoms with Crippen molar-refractivity contribution in [3.8, 4) is 0 Å². The molecular formula is C18H31N5O. The summed E-state index contributed by atoms with van der Waals surface area (Å²) in [5, 5.41) is 10.0. The van der Waals surface area contributed by atoms with Gasteiger partial charge in [0.05, 0.1) is 12.1 Å². The number of guanidine groups is 1. The monoisotopic (exact) mass is 333 g/mol. The van der Waals surface area contributed by atoms with Gasteiger partial charge < -0.3 is 20.7 Å². The standard InChI is InChI=1S/C18H31N5O/c1-3-19-17(23-15-18(2)10-8-14-24-18)22-13-7-6-12-21-16-9-4-5-11-20-16/h4-5,9,11H,3,6-8,10,12-15H2,1-2H3,(H,20,21)(H2,19,22,23). The summed E-state index contributed by atoms with van der Waals surface area (Å²) in [6.07, 6.45) is 6.20. The first kappa shape index (κ1) is 18.5. The van der Waals surface area contributed by atoms with Crippen molar-refractivity contribution < 1.29 is 4.74 Å². The fraction of sp³-hybridized carbons (Fsp3) is 0.667. The number of hydrogen-bond acceptors (Lipinski definition) is 4. The van der Waals surface area contributed by atoms with Crippen molar-refractivity contribution in [2.75, 3.05) is 38.1 Å². The Hall–Kier alpha value is -1.82. The number of rotatable bonds is 9. The summed E-state index contributed by atoms with van der Waals surface area (Å²) in [6, 6.07) is 5.90. The number of nitrogens with zero attached hydrogens (tertiary/aromatic N) is 2. The van der Waals surface area contributed by atoms with E-state index in [2.05, 4.69) is 39.8 Å². The molecule has 1 atom stereocenters. The number of nitrogens with one attached hydrogen (secondary N) is 3. The number of ether oxygens (including phenoxy) is 1. The van der Waals surface area contributed by atoms with Gasteiger partial charge in [0.2, 0.25) is 0 Å². The molecule has 6 nitrogen and oxygen atoms in total. The maximum atomic E-state index is 5.79. The van der Waals surface area contributed by atoms with E-state index in [0.29, 0.717) is 6.54 Å². The van der Waals surface area contributed by atoms with Crippen LogP contribution in [0.1, 0.15) is 39.5 Å². The summed E-state index contributed by atoms with van der Waals surface area (Å²) in [5.74, 6) is 1.82. The highest BCUT2D eigenvalue weighted by molar-refractivity contribution is 5.79. The molecule has 1 fully saturated rings. The van der Waals surface area contributed by atoms with E-state index in [1.807, 2.05) is 18.2 Å². The maximum Gasteiger partial charge on any atom is 0.191 e. The van der Waals surface area contributed by atoms with E-state index in [0.717, 1.165) is 63.7 Å². The molecule has 3 N–H and O–H groups in total. The van der Waals surface area contributed by atoms with Crippen molar-refractivity contribution in [2.45, 2.75) is 45.1 Å².